The third-order valence-corrected chi connectivity index (χ3v) is 4.83. The molecule has 4 nitrogen and oxygen atoms in total. The lowest BCUT2D eigenvalue weighted by molar-refractivity contribution is 0.269. The Labute approximate surface area is 139 Å². The third-order valence-electron chi connectivity index (χ3n) is 4.25. The highest BCUT2D eigenvalue weighted by Crippen LogP contribution is 2.33. The number of fused-ring (bicyclic) bond motifs is 2. The Kier molecular flexibility index (Phi) is 3.38. The second kappa shape index (κ2) is 5.42. The van der Waals surface area contributed by atoms with E-state index in [1.165, 1.54) is 0 Å². The standard InChI is InChI=1S/C18H16N2O2S/c1-11-5-2-8-14(16(11)23)20-17-12(6-3-9-19-17)15(21)13-7-4-10-22-18(13)20/h2-3,5-6,8-9,23H,4,7,10H2,1H3. The van der Waals surface area contributed by atoms with Crippen LogP contribution in [0, 0.1) is 6.92 Å². The molecule has 0 aliphatic carbocycles. The van der Waals surface area contributed by atoms with E-state index in [2.05, 4.69) is 17.6 Å². The van der Waals surface area contributed by atoms with Crippen molar-refractivity contribution in [3.63, 3.8) is 0 Å². The van der Waals surface area contributed by atoms with Gasteiger partial charge in [0, 0.05) is 11.1 Å². The van der Waals surface area contributed by atoms with Crippen molar-refractivity contribution in [1.29, 1.82) is 0 Å². The molecule has 116 valence electrons. The molecule has 4 rings (SSSR count). The van der Waals surface area contributed by atoms with Crippen LogP contribution in [0.5, 0.6) is 5.88 Å². The molecule has 0 unspecified atom stereocenters. The van der Waals surface area contributed by atoms with Gasteiger partial charge in [-0.05, 0) is 43.5 Å². The summed E-state index contributed by atoms with van der Waals surface area (Å²) >= 11 is 4.66. The normalized spacial score (nSPS) is 13.7. The van der Waals surface area contributed by atoms with Gasteiger partial charge in [-0.25, -0.2) is 4.98 Å². The summed E-state index contributed by atoms with van der Waals surface area (Å²) in [5.41, 5.74) is 3.31. The highest BCUT2D eigenvalue weighted by atomic mass is 32.1. The van der Waals surface area contributed by atoms with Gasteiger partial charge in [0.15, 0.2) is 11.1 Å². The lowest BCUT2D eigenvalue weighted by atomic mass is 10.1. The van der Waals surface area contributed by atoms with Crippen molar-refractivity contribution < 1.29 is 4.74 Å². The third kappa shape index (κ3) is 2.15. The van der Waals surface area contributed by atoms with Crippen LogP contribution >= 0.6 is 12.6 Å². The van der Waals surface area contributed by atoms with E-state index >= 15 is 0 Å². The molecular formula is C18H16N2O2S. The Morgan fingerprint density at radius 1 is 1.26 bits per heavy atom. The van der Waals surface area contributed by atoms with Crippen molar-refractivity contribution >= 4 is 23.7 Å². The summed E-state index contributed by atoms with van der Waals surface area (Å²) in [5.74, 6) is 0.605. The van der Waals surface area contributed by atoms with Gasteiger partial charge in [0.2, 0.25) is 5.88 Å². The predicted molar refractivity (Wildman–Crippen MR) is 93.1 cm³/mol. The molecule has 5 heteroatoms. The number of aryl methyl sites for hydroxylation is 1. The van der Waals surface area contributed by atoms with Crippen molar-refractivity contribution in [1.82, 2.24) is 9.55 Å². The molecule has 0 saturated heterocycles. The van der Waals surface area contributed by atoms with Crippen molar-refractivity contribution in [2.45, 2.75) is 24.7 Å². The van der Waals surface area contributed by atoms with E-state index in [9.17, 15) is 4.79 Å². The zero-order chi connectivity index (χ0) is 16.0. The second-order valence-corrected chi connectivity index (χ2v) is 6.16. The van der Waals surface area contributed by atoms with Gasteiger partial charge in [0.05, 0.1) is 23.2 Å². The molecule has 1 aromatic carbocycles. The number of pyridine rings is 2. The highest BCUT2D eigenvalue weighted by molar-refractivity contribution is 7.80. The molecule has 1 aliphatic rings. The smallest absolute Gasteiger partial charge is 0.207 e. The average molecular weight is 324 g/mol. The number of nitrogens with zero attached hydrogens (tertiary/aromatic N) is 2. The maximum Gasteiger partial charge on any atom is 0.207 e. The van der Waals surface area contributed by atoms with Gasteiger partial charge in [-0.3, -0.25) is 9.36 Å². The molecule has 0 atom stereocenters. The fourth-order valence-electron chi connectivity index (χ4n) is 3.08. The minimum atomic E-state index is 0.0208. The maximum atomic E-state index is 12.8. The average Bonchev–Trinajstić information content (AvgIpc) is 2.59. The summed E-state index contributed by atoms with van der Waals surface area (Å²) in [4.78, 5) is 18.1. The summed E-state index contributed by atoms with van der Waals surface area (Å²) in [5, 5.41) is 0.617. The maximum absolute atomic E-state index is 12.8. The van der Waals surface area contributed by atoms with Gasteiger partial charge in [-0.15, -0.1) is 12.6 Å². The van der Waals surface area contributed by atoms with E-state index < -0.39 is 0 Å². The summed E-state index contributed by atoms with van der Waals surface area (Å²) in [6, 6.07) is 9.59. The van der Waals surface area contributed by atoms with Crippen LogP contribution < -0.4 is 10.2 Å². The predicted octanol–water partition coefficient (Wildman–Crippen LogP) is 3.31. The van der Waals surface area contributed by atoms with Gasteiger partial charge >= 0.3 is 0 Å². The first kappa shape index (κ1) is 14.3. The Morgan fingerprint density at radius 3 is 3.00 bits per heavy atom. The number of benzene rings is 1. The summed E-state index contributed by atoms with van der Waals surface area (Å²) in [6.45, 7) is 2.62. The van der Waals surface area contributed by atoms with E-state index in [4.69, 9.17) is 4.74 Å². The van der Waals surface area contributed by atoms with Crippen LogP contribution in [0.4, 0.5) is 0 Å². The Morgan fingerprint density at radius 2 is 2.13 bits per heavy atom. The van der Waals surface area contributed by atoms with Crippen molar-refractivity contribution in [3.05, 3.63) is 57.9 Å². The fourth-order valence-corrected chi connectivity index (χ4v) is 3.33. The van der Waals surface area contributed by atoms with E-state index in [1.807, 2.05) is 35.8 Å². The van der Waals surface area contributed by atoms with E-state index in [1.54, 1.807) is 12.3 Å². The van der Waals surface area contributed by atoms with Gasteiger partial charge < -0.3 is 4.74 Å². The van der Waals surface area contributed by atoms with Crippen LogP contribution in [0.2, 0.25) is 0 Å². The minimum Gasteiger partial charge on any atom is -0.478 e. The Balaban J connectivity index is 2.19. The first-order valence-corrected chi connectivity index (χ1v) is 8.07. The first-order valence-electron chi connectivity index (χ1n) is 7.63. The molecule has 0 spiro atoms. The Bertz CT molecular complexity index is 979. The number of rotatable bonds is 1. The van der Waals surface area contributed by atoms with E-state index in [0.29, 0.717) is 23.5 Å². The van der Waals surface area contributed by atoms with Crippen molar-refractivity contribution in [2.75, 3.05) is 6.61 Å². The molecule has 0 radical (unpaired) electrons. The zero-order valence-electron chi connectivity index (χ0n) is 12.7. The quantitative estimate of drug-likeness (QED) is 0.699. The number of thiol groups is 1. The van der Waals surface area contributed by atoms with Crippen LogP contribution in [-0.4, -0.2) is 16.2 Å². The van der Waals surface area contributed by atoms with Crippen molar-refractivity contribution in [2.24, 2.45) is 0 Å². The number of hydrogen-bond acceptors (Lipinski definition) is 4. The van der Waals surface area contributed by atoms with Crippen LogP contribution in [0.25, 0.3) is 16.7 Å². The van der Waals surface area contributed by atoms with Crippen molar-refractivity contribution in [3.8, 4) is 11.6 Å². The van der Waals surface area contributed by atoms with E-state index in [-0.39, 0.29) is 5.43 Å². The highest BCUT2D eigenvalue weighted by Gasteiger charge is 2.23. The minimum absolute atomic E-state index is 0.0208. The monoisotopic (exact) mass is 324 g/mol. The van der Waals surface area contributed by atoms with Gasteiger partial charge in [0.1, 0.15) is 0 Å². The molecule has 0 N–H and O–H groups in total. The van der Waals surface area contributed by atoms with Crippen LogP contribution in [0.3, 0.4) is 0 Å². The molecular weight excluding hydrogens is 308 g/mol. The van der Waals surface area contributed by atoms with Crippen LogP contribution in [-0.2, 0) is 6.42 Å². The summed E-state index contributed by atoms with van der Waals surface area (Å²) in [7, 11) is 0. The largest absolute Gasteiger partial charge is 0.478 e. The number of aromatic nitrogens is 2. The van der Waals surface area contributed by atoms with E-state index in [0.717, 1.165) is 34.6 Å². The van der Waals surface area contributed by atoms with Gasteiger partial charge in [-0.2, -0.15) is 0 Å². The second-order valence-electron chi connectivity index (χ2n) is 5.72. The van der Waals surface area contributed by atoms with Gasteiger partial charge in [0.25, 0.3) is 0 Å². The summed E-state index contributed by atoms with van der Waals surface area (Å²) in [6.07, 6.45) is 3.28. The first-order chi connectivity index (χ1) is 11.2. The Hall–Kier alpha value is -2.27. The zero-order valence-corrected chi connectivity index (χ0v) is 13.6. The molecule has 0 saturated carbocycles. The molecule has 0 bridgehead atoms. The lowest BCUT2D eigenvalue weighted by Gasteiger charge is -2.24. The number of ether oxygens (including phenoxy) is 1. The van der Waals surface area contributed by atoms with Crippen LogP contribution in [0.15, 0.2) is 46.2 Å². The molecule has 23 heavy (non-hydrogen) atoms. The fraction of sp³-hybridized carbons (Fsp3) is 0.222. The molecule has 3 aromatic rings. The molecule has 0 fully saturated rings. The topological polar surface area (TPSA) is 44.1 Å². The van der Waals surface area contributed by atoms with Gasteiger partial charge in [-0.1, -0.05) is 12.1 Å². The van der Waals surface area contributed by atoms with Crippen LogP contribution in [0.1, 0.15) is 17.5 Å². The SMILES string of the molecule is Cc1cccc(-n2c3c(c(=O)c4cccnc42)CCCO3)c1S. The molecule has 3 heterocycles. The molecule has 2 aromatic heterocycles. The lowest BCUT2D eigenvalue weighted by Crippen LogP contribution is -2.23. The summed E-state index contributed by atoms with van der Waals surface area (Å²) < 4.78 is 7.81. The molecule has 1 aliphatic heterocycles. The molecule has 0 amide bonds. The number of hydrogen-bond donors (Lipinski definition) is 1.